The van der Waals surface area contributed by atoms with Crippen LogP contribution in [0.15, 0.2) is 46.2 Å². The molecule has 7 nitrogen and oxygen atoms in total. The monoisotopic (exact) mass is 450 g/mol. The maximum atomic E-state index is 12.9. The Kier molecular flexibility index (Phi) is 7.41. The molecule has 0 aliphatic carbocycles. The Labute approximate surface area is 181 Å². The average molecular weight is 451 g/mol. The van der Waals surface area contributed by atoms with Gasteiger partial charge in [-0.3, -0.25) is 4.79 Å². The van der Waals surface area contributed by atoms with Crippen molar-refractivity contribution in [2.45, 2.75) is 23.6 Å². The highest BCUT2D eigenvalue weighted by molar-refractivity contribution is 8.00. The molecule has 1 saturated heterocycles. The van der Waals surface area contributed by atoms with Crippen molar-refractivity contribution in [3.05, 3.63) is 47.5 Å². The van der Waals surface area contributed by atoms with Crippen LogP contribution in [0.5, 0.6) is 5.75 Å². The van der Waals surface area contributed by atoms with E-state index in [1.165, 1.54) is 35.3 Å². The number of benzene rings is 2. The standard InChI is InChI=1S/C21H26N2O5S2/c1-15-4-5-16(2)20(12-15)29-14-21(24)22-18-13-17(6-7-19(18)27-3)30(25,26)23-8-10-28-11-9-23/h4-7,12-13H,8-11,14H2,1-3H3,(H,22,24). The smallest absolute Gasteiger partial charge is 0.243 e. The number of aryl methyl sites for hydroxylation is 2. The summed E-state index contributed by atoms with van der Waals surface area (Å²) in [6.45, 7) is 5.37. The summed E-state index contributed by atoms with van der Waals surface area (Å²) in [5, 5.41) is 2.79. The van der Waals surface area contributed by atoms with Crippen LogP contribution in [0.25, 0.3) is 0 Å². The minimum absolute atomic E-state index is 0.114. The lowest BCUT2D eigenvalue weighted by molar-refractivity contribution is -0.113. The molecule has 162 valence electrons. The number of hydrogen-bond donors (Lipinski definition) is 1. The van der Waals surface area contributed by atoms with Crippen molar-refractivity contribution in [2.24, 2.45) is 0 Å². The van der Waals surface area contributed by atoms with Gasteiger partial charge in [-0.1, -0.05) is 17.7 Å². The van der Waals surface area contributed by atoms with Crippen LogP contribution in [-0.4, -0.2) is 57.8 Å². The number of morpholine rings is 1. The van der Waals surface area contributed by atoms with Crippen LogP contribution in [0, 0.1) is 13.8 Å². The van der Waals surface area contributed by atoms with Crippen molar-refractivity contribution >= 4 is 33.4 Å². The fourth-order valence-corrected chi connectivity index (χ4v) is 5.43. The van der Waals surface area contributed by atoms with E-state index in [4.69, 9.17) is 9.47 Å². The van der Waals surface area contributed by atoms with Gasteiger partial charge in [0, 0.05) is 18.0 Å². The molecule has 0 unspecified atom stereocenters. The quantitative estimate of drug-likeness (QED) is 0.653. The lowest BCUT2D eigenvalue weighted by atomic mass is 10.2. The van der Waals surface area contributed by atoms with Crippen molar-refractivity contribution in [1.82, 2.24) is 4.31 Å². The van der Waals surface area contributed by atoms with E-state index in [-0.39, 0.29) is 16.6 Å². The van der Waals surface area contributed by atoms with Crippen molar-refractivity contribution in [3.8, 4) is 5.75 Å². The second kappa shape index (κ2) is 9.82. The van der Waals surface area contributed by atoms with Crippen LogP contribution in [0.3, 0.4) is 0 Å². The van der Waals surface area contributed by atoms with Crippen LogP contribution in [0.1, 0.15) is 11.1 Å². The number of methoxy groups -OCH3 is 1. The molecule has 0 radical (unpaired) electrons. The third kappa shape index (κ3) is 5.34. The van der Waals surface area contributed by atoms with Crippen LogP contribution in [0.2, 0.25) is 0 Å². The van der Waals surface area contributed by atoms with Gasteiger partial charge >= 0.3 is 0 Å². The highest BCUT2D eigenvalue weighted by atomic mass is 32.2. The molecule has 3 rings (SSSR count). The van der Waals surface area contributed by atoms with Gasteiger partial charge in [-0.15, -0.1) is 11.8 Å². The summed E-state index contributed by atoms with van der Waals surface area (Å²) in [5.41, 5.74) is 2.57. The van der Waals surface area contributed by atoms with E-state index < -0.39 is 10.0 Å². The molecule has 1 amide bonds. The molecule has 2 aromatic rings. The number of carbonyl (C=O) groups excluding carboxylic acids is 1. The van der Waals surface area contributed by atoms with E-state index in [1.54, 1.807) is 6.07 Å². The minimum atomic E-state index is -3.67. The summed E-state index contributed by atoms with van der Waals surface area (Å²) in [4.78, 5) is 13.7. The van der Waals surface area contributed by atoms with Gasteiger partial charge in [0.15, 0.2) is 0 Å². The van der Waals surface area contributed by atoms with E-state index >= 15 is 0 Å². The lowest BCUT2D eigenvalue weighted by Gasteiger charge is -2.26. The van der Waals surface area contributed by atoms with Crippen molar-refractivity contribution in [2.75, 3.05) is 44.5 Å². The maximum Gasteiger partial charge on any atom is 0.243 e. The van der Waals surface area contributed by atoms with Crippen LogP contribution in [0.4, 0.5) is 5.69 Å². The fraction of sp³-hybridized carbons (Fsp3) is 0.381. The first-order valence-corrected chi connectivity index (χ1v) is 12.0. The molecule has 1 aliphatic rings. The van der Waals surface area contributed by atoms with Gasteiger partial charge in [0.1, 0.15) is 5.75 Å². The number of amides is 1. The second-order valence-electron chi connectivity index (χ2n) is 6.98. The fourth-order valence-electron chi connectivity index (χ4n) is 3.07. The van der Waals surface area contributed by atoms with Gasteiger partial charge in [-0.05, 0) is 43.7 Å². The Morgan fingerprint density at radius 3 is 2.60 bits per heavy atom. The number of carbonyl (C=O) groups is 1. The summed E-state index contributed by atoms with van der Waals surface area (Å²) < 4.78 is 37.8. The number of ether oxygens (including phenoxy) is 2. The van der Waals surface area contributed by atoms with Crippen molar-refractivity contribution in [3.63, 3.8) is 0 Å². The van der Waals surface area contributed by atoms with Gasteiger partial charge in [0.2, 0.25) is 15.9 Å². The number of nitrogens with one attached hydrogen (secondary N) is 1. The summed E-state index contributed by atoms with van der Waals surface area (Å²) in [5.74, 6) is 0.370. The number of anilines is 1. The summed E-state index contributed by atoms with van der Waals surface area (Å²) in [6.07, 6.45) is 0. The van der Waals surface area contributed by atoms with E-state index in [0.29, 0.717) is 37.7 Å². The van der Waals surface area contributed by atoms with Crippen molar-refractivity contribution in [1.29, 1.82) is 0 Å². The van der Waals surface area contributed by atoms with E-state index in [9.17, 15) is 13.2 Å². The van der Waals surface area contributed by atoms with Gasteiger partial charge < -0.3 is 14.8 Å². The molecule has 0 atom stereocenters. The molecule has 9 heteroatoms. The molecule has 30 heavy (non-hydrogen) atoms. The number of thioether (sulfide) groups is 1. The molecular formula is C21H26N2O5S2. The third-order valence-electron chi connectivity index (χ3n) is 4.76. The minimum Gasteiger partial charge on any atom is -0.495 e. The van der Waals surface area contributed by atoms with E-state index in [1.807, 2.05) is 32.0 Å². The zero-order valence-corrected chi connectivity index (χ0v) is 18.9. The van der Waals surface area contributed by atoms with E-state index in [2.05, 4.69) is 5.32 Å². The Bertz CT molecular complexity index is 1020. The molecule has 0 bridgehead atoms. The molecular weight excluding hydrogens is 424 g/mol. The number of hydrogen-bond acceptors (Lipinski definition) is 6. The Morgan fingerprint density at radius 1 is 1.17 bits per heavy atom. The molecule has 1 N–H and O–H groups in total. The normalized spacial score (nSPS) is 15.0. The average Bonchev–Trinajstić information content (AvgIpc) is 2.75. The number of nitrogens with zero attached hydrogens (tertiary/aromatic N) is 1. The van der Waals surface area contributed by atoms with Gasteiger partial charge in [0.25, 0.3) is 0 Å². The van der Waals surface area contributed by atoms with Crippen LogP contribution in [-0.2, 0) is 19.6 Å². The van der Waals surface area contributed by atoms with Crippen LogP contribution >= 0.6 is 11.8 Å². The summed E-state index contributed by atoms with van der Waals surface area (Å²) in [7, 11) is -2.19. The largest absolute Gasteiger partial charge is 0.495 e. The van der Waals surface area contributed by atoms with Gasteiger partial charge in [-0.2, -0.15) is 4.31 Å². The first-order chi connectivity index (χ1) is 14.3. The summed E-state index contributed by atoms with van der Waals surface area (Å²) >= 11 is 1.44. The molecule has 1 aliphatic heterocycles. The van der Waals surface area contributed by atoms with E-state index in [0.717, 1.165) is 16.0 Å². The van der Waals surface area contributed by atoms with Gasteiger partial charge in [-0.25, -0.2) is 8.42 Å². The second-order valence-corrected chi connectivity index (χ2v) is 9.94. The molecule has 0 spiro atoms. The lowest BCUT2D eigenvalue weighted by Crippen LogP contribution is -2.40. The highest BCUT2D eigenvalue weighted by Crippen LogP contribution is 2.30. The Morgan fingerprint density at radius 2 is 1.90 bits per heavy atom. The molecule has 2 aromatic carbocycles. The summed E-state index contributed by atoms with van der Waals surface area (Å²) in [6, 6.07) is 10.6. The Balaban J connectivity index is 1.75. The number of rotatable bonds is 7. The molecule has 0 aromatic heterocycles. The predicted octanol–water partition coefficient (Wildman–Crippen LogP) is 3.06. The number of sulfonamides is 1. The highest BCUT2D eigenvalue weighted by Gasteiger charge is 2.27. The molecule has 1 fully saturated rings. The third-order valence-corrected chi connectivity index (χ3v) is 7.81. The van der Waals surface area contributed by atoms with Crippen molar-refractivity contribution < 1.29 is 22.7 Å². The predicted molar refractivity (Wildman–Crippen MR) is 118 cm³/mol. The molecule has 1 heterocycles. The topological polar surface area (TPSA) is 84.9 Å². The first-order valence-electron chi connectivity index (χ1n) is 9.57. The molecule has 0 saturated carbocycles. The maximum absolute atomic E-state index is 12.9. The first kappa shape index (κ1) is 22.6. The zero-order valence-electron chi connectivity index (χ0n) is 17.3. The van der Waals surface area contributed by atoms with Gasteiger partial charge in [0.05, 0.1) is 36.7 Å². The SMILES string of the molecule is COc1ccc(S(=O)(=O)N2CCOCC2)cc1NC(=O)CSc1cc(C)ccc1C. The Hall–Kier alpha value is -2.07. The van der Waals surface area contributed by atoms with Crippen LogP contribution < -0.4 is 10.1 Å². The zero-order chi connectivity index (χ0) is 21.7.